The van der Waals surface area contributed by atoms with Gasteiger partial charge in [-0.3, -0.25) is 9.78 Å². The lowest BCUT2D eigenvalue weighted by atomic mass is 10.2. The van der Waals surface area contributed by atoms with Crippen molar-refractivity contribution in [2.45, 2.75) is 20.4 Å². The summed E-state index contributed by atoms with van der Waals surface area (Å²) in [6, 6.07) is 3.76. The van der Waals surface area contributed by atoms with E-state index in [2.05, 4.69) is 11.1 Å². The van der Waals surface area contributed by atoms with Crippen molar-refractivity contribution in [2.24, 2.45) is 0 Å². The monoisotopic (exact) mass is 294 g/mol. The molecule has 1 amide bonds. The molecule has 2 aromatic rings. The standard InChI is InChI=1S/C14H15ClN2OS/c1-9-4-5-19-13(9)8-17(3)14(18)11-7-16-10(2)6-12(11)15/h4-7H,8H2,1-3H3. The number of aromatic nitrogens is 1. The molecular weight excluding hydrogens is 280 g/mol. The number of halogens is 1. The minimum Gasteiger partial charge on any atom is -0.336 e. The molecule has 0 N–H and O–H groups in total. The molecule has 0 unspecified atom stereocenters. The summed E-state index contributed by atoms with van der Waals surface area (Å²) in [6.45, 7) is 4.48. The van der Waals surface area contributed by atoms with Gasteiger partial charge in [-0.05, 0) is 36.9 Å². The van der Waals surface area contributed by atoms with Crippen LogP contribution in [0.4, 0.5) is 0 Å². The average Bonchev–Trinajstić information content (AvgIpc) is 2.74. The van der Waals surface area contributed by atoms with E-state index in [0.29, 0.717) is 17.1 Å². The molecule has 2 aromatic heterocycles. The van der Waals surface area contributed by atoms with Crippen molar-refractivity contribution < 1.29 is 4.79 Å². The maximum atomic E-state index is 12.3. The van der Waals surface area contributed by atoms with E-state index in [4.69, 9.17) is 11.6 Å². The van der Waals surface area contributed by atoms with E-state index in [9.17, 15) is 4.79 Å². The van der Waals surface area contributed by atoms with Gasteiger partial charge in [-0.2, -0.15) is 0 Å². The number of nitrogens with zero attached hydrogens (tertiary/aromatic N) is 2. The molecule has 2 heterocycles. The maximum absolute atomic E-state index is 12.3. The largest absolute Gasteiger partial charge is 0.336 e. The molecule has 0 aromatic carbocycles. The number of amides is 1. The zero-order valence-electron chi connectivity index (χ0n) is 11.1. The molecule has 0 aliphatic heterocycles. The van der Waals surface area contributed by atoms with E-state index in [1.54, 1.807) is 29.4 Å². The minimum atomic E-state index is -0.106. The van der Waals surface area contributed by atoms with E-state index in [-0.39, 0.29) is 5.91 Å². The van der Waals surface area contributed by atoms with Crippen LogP contribution in [-0.4, -0.2) is 22.8 Å². The number of carbonyl (C=O) groups excluding carboxylic acids is 1. The van der Waals surface area contributed by atoms with Gasteiger partial charge in [-0.15, -0.1) is 11.3 Å². The van der Waals surface area contributed by atoms with Crippen molar-refractivity contribution in [1.82, 2.24) is 9.88 Å². The number of hydrogen-bond donors (Lipinski definition) is 0. The van der Waals surface area contributed by atoms with Crippen LogP contribution >= 0.6 is 22.9 Å². The van der Waals surface area contributed by atoms with Gasteiger partial charge in [0.15, 0.2) is 0 Å². The highest BCUT2D eigenvalue weighted by Crippen LogP contribution is 2.21. The molecule has 0 spiro atoms. The van der Waals surface area contributed by atoms with Crippen LogP contribution < -0.4 is 0 Å². The van der Waals surface area contributed by atoms with Crippen LogP contribution in [0.5, 0.6) is 0 Å². The Kier molecular flexibility index (Phi) is 4.22. The minimum absolute atomic E-state index is 0.106. The molecule has 0 bridgehead atoms. The number of aryl methyl sites for hydroxylation is 2. The third kappa shape index (κ3) is 3.14. The number of carbonyl (C=O) groups is 1. The van der Waals surface area contributed by atoms with Gasteiger partial charge in [-0.1, -0.05) is 11.6 Å². The number of rotatable bonds is 3. The van der Waals surface area contributed by atoms with Crippen molar-refractivity contribution in [3.8, 4) is 0 Å². The normalized spacial score (nSPS) is 10.5. The van der Waals surface area contributed by atoms with Crippen molar-refractivity contribution >= 4 is 28.8 Å². The summed E-state index contributed by atoms with van der Waals surface area (Å²) in [5.41, 5.74) is 2.46. The first-order chi connectivity index (χ1) is 8.99. The van der Waals surface area contributed by atoms with Gasteiger partial charge >= 0.3 is 0 Å². The molecule has 0 radical (unpaired) electrons. The van der Waals surface area contributed by atoms with Gasteiger partial charge in [0.05, 0.1) is 17.1 Å². The van der Waals surface area contributed by atoms with Crippen LogP contribution in [0.3, 0.4) is 0 Å². The second kappa shape index (κ2) is 5.72. The fourth-order valence-corrected chi connectivity index (χ4v) is 2.99. The van der Waals surface area contributed by atoms with E-state index in [0.717, 1.165) is 5.69 Å². The number of pyridine rings is 1. The predicted molar refractivity (Wildman–Crippen MR) is 78.8 cm³/mol. The third-order valence-electron chi connectivity index (χ3n) is 2.92. The SMILES string of the molecule is Cc1cc(Cl)c(C(=O)N(C)Cc2sccc2C)cn1. The Hall–Kier alpha value is -1.39. The second-order valence-electron chi connectivity index (χ2n) is 4.49. The molecule has 0 aliphatic rings. The van der Waals surface area contributed by atoms with E-state index >= 15 is 0 Å². The molecule has 2 rings (SSSR count). The summed E-state index contributed by atoms with van der Waals surface area (Å²) in [4.78, 5) is 19.3. The Bertz CT molecular complexity index is 609. The fraction of sp³-hybridized carbons (Fsp3) is 0.286. The van der Waals surface area contributed by atoms with Crippen molar-refractivity contribution in [1.29, 1.82) is 0 Å². The lowest BCUT2D eigenvalue weighted by Gasteiger charge is -2.17. The van der Waals surface area contributed by atoms with Crippen molar-refractivity contribution in [2.75, 3.05) is 7.05 Å². The first-order valence-electron chi connectivity index (χ1n) is 5.89. The highest BCUT2D eigenvalue weighted by molar-refractivity contribution is 7.10. The Balaban J connectivity index is 2.17. The van der Waals surface area contributed by atoms with Gasteiger partial charge in [0.2, 0.25) is 0 Å². The third-order valence-corrected chi connectivity index (χ3v) is 4.24. The summed E-state index contributed by atoms with van der Waals surface area (Å²) in [5, 5.41) is 2.48. The molecule has 0 saturated heterocycles. The van der Waals surface area contributed by atoms with Crippen LogP contribution in [0.15, 0.2) is 23.7 Å². The molecule has 0 atom stereocenters. The number of thiophene rings is 1. The topological polar surface area (TPSA) is 33.2 Å². The van der Waals surface area contributed by atoms with Gasteiger partial charge in [0.25, 0.3) is 5.91 Å². The highest BCUT2D eigenvalue weighted by atomic mass is 35.5. The highest BCUT2D eigenvalue weighted by Gasteiger charge is 2.17. The summed E-state index contributed by atoms with van der Waals surface area (Å²) in [6.07, 6.45) is 1.54. The zero-order chi connectivity index (χ0) is 14.0. The lowest BCUT2D eigenvalue weighted by molar-refractivity contribution is 0.0786. The summed E-state index contributed by atoms with van der Waals surface area (Å²) in [7, 11) is 1.78. The van der Waals surface area contributed by atoms with E-state index in [1.165, 1.54) is 16.6 Å². The lowest BCUT2D eigenvalue weighted by Crippen LogP contribution is -2.26. The van der Waals surface area contributed by atoms with Gasteiger partial charge < -0.3 is 4.90 Å². The number of hydrogen-bond acceptors (Lipinski definition) is 3. The van der Waals surface area contributed by atoms with Gasteiger partial charge in [-0.25, -0.2) is 0 Å². The first-order valence-corrected chi connectivity index (χ1v) is 7.15. The Morgan fingerprint density at radius 1 is 1.47 bits per heavy atom. The molecule has 0 aliphatic carbocycles. The average molecular weight is 295 g/mol. The second-order valence-corrected chi connectivity index (χ2v) is 5.90. The zero-order valence-corrected chi connectivity index (χ0v) is 12.7. The molecule has 19 heavy (non-hydrogen) atoms. The maximum Gasteiger partial charge on any atom is 0.257 e. The van der Waals surface area contributed by atoms with Crippen LogP contribution in [0.25, 0.3) is 0 Å². The smallest absolute Gasteiger partial charge is 0.257 e. The summed E-state index contributed by atoms with van der Waals surface area (Å²) in [5.74, 6) is -0.106. The molecule has 3 nitrogen and oxygen atoms in total. The van der Waals surface area contributed by atoms with E-state index in [1.807, 2.05) is 19.2 Å². The van der Waals surface area contributed by atoms with Crippen LogP contribution in [0.1, 0.15) is 26.5 Å². The van der Waals surface area contributed by atoms with Crippen molar-refractivity contribution in [3.63, 3.8) is 0 Å². The summed E-state index contributed by atoms with van der Waals surface area (Å²) >= 11 is 7.75. The Morgan fingerprint density at radius 3 is 2.79 bits per heavy atom. The molecule has 5 heteroatoms. The quantitative estimate of drug-likeness (QED) is 0.865. The van der Waals surface area contributed by atoms with Gasteiger partial charge in [0.1, 0.15) is 0 Å². The first kappa shape index (κ1) is 14.0. The fourth-order valence-electron chi connectivity index (χ4n) is 1.74. The molecule has 100 valence electrons. The Morgan fingerprint density at radius 2 is 2.21 bits per heavy atom. The molecule has 0 saturated carbocycles. The summed E-state index contributed by atoms with van der Waals surface area (Å²) < 4.78 is 0. The van der Waals surface area contributed by atoms with Crippen LogP contribution in [0.2, 0.25) is 5.02 Å². The predicted octanol–water partition coefficient (Wildman–Crippen LogP) is 3.69. The molecule has 0 fully saturated rings. The van der Waals surface area contributed by atoms with Gasteiger partial charge in [0, 0.05) is 23.8 Å². The Labute approximate surface area is 121 Å². The van der Waals surface area contributed by atoms with Crippen molar-refractivity contribution in [3.05, 3.63) is 50.4 Å². The van der Waals surface area contributed by atoms with Crippen LogP contribution in [0, 0.1) is 13.8 Å². The van der Waals surface area contributed by atoms with E-state index < -0.39 is 0 Å². The van der Waals surface area contributed by atoms with Crippen LogP contribution in [-0.2, 0) is 6.54 Å². The molecular formula is C14H15ClN2OS.